The summed E-state index contributed by atoms with van der Waals surface area (Å²) in [4.78, 5) is 41.3. The third-order valence-electron chi connectivity index (χ3n) is 19.9. The molecule has 3 atom stereocenters. The van der Waals surface area contributed by atoms with Crippen molar-refractivity contribution in [1.29, 1.82) is 0 Å². The van der Waals surface area contributed by atoms with Gasteiger partial charge in [0.15, 0.2) is 16.6 Å². The second-order valence-corrected chi connectivity index (χ2v) is 140. The van der Waals surface area contributed by atoms with Gasteiger partial charge in [0.05, 0.1) is 0 Å². The van der Waals surface area contributed by atoms with Crippen LogP contribution in [0.5, 0.6) is 0 Å². The monoisotopic (exact) mass is 2540 g/mol. The lowest BCUT2D eigenvalue weighted by Gasteiger charge is -2.43. The lowest BCUT2D eigenvalue weighted by Crippen LogP contribution is -2.71. The van der Waals surface area contributed by atoms with E-state index in [4.69, 9.17) is 127 Å². The van der Waals surface area contributed by atoms with Crippen LogP contribution in [0.25, 0.3) is 0 Å². The van der Waals surface area contributed by atoms with E-state index in [1.807, 2.05) is 330 Å². The molecule has 0 aromatic heterocycles. The van der Waals surface area contributed by atoms with E-state index in [0.29, 0.717) is 0 Å². The Morgan fingerprint density at radius 3 is 0.503 bits per heavy atom. The second kappa shape index (κ2) is 56.3. The molecule has 3 unspecified atom stereocenters. The summed E-state index contributed by atoms with van der Waals surface area (Å²) in [6, 6.07) is 90.5. The third-order valence-corrected chi connectivity index (χ3v) is 99.7. The van der Waals surface area contributed by atoms with Crippen LogP contribution >= 0.6 is 44.3 Å². The van der Waals surface area contributed by atoms with Crippen molar-refractivity contribution in [3.8, 4) is 0 Å². The van der Waals surface area contributed by atoms with Gasteiger partial charge in [-0.3, -0.25) is 0 Å². The van der Waals surface area contributed by atoms with Crippen LogP contribution in [0.1, 0.15) is 0 Å². The van der Waals surface area contributed by atoms with Crippen molar-refractivity contribution in [1.82, 2.24) is 0 Å². The fourth-order valence-corrected chi connectivity index (χ4v) is 115. The third kappa shape index (κ3) is 53.7. The molecule has 9 aromatic rings. The summed E-state index contributed by atoms with van der Waals surface area (Å²) in [5.74, 6) is 0. The molecule has 149 heavy (non-hydrogen) atoms. The van der Waals surface area contributed by atoms with Crippen LogP contribution in [0.4, 0.5) is 0 Å². The molecule has 0 saturated heterocycles. The number of benzene rings is 9. The highest BCUT2D eigenvalue weighted by Gasteiger charge is 2.58. The Labute approximate surface area is 940 Å². The lowest BCUT2D eigenvalue weighted by atomic mass is 10.4. The topological polar surface area (TPSA) is 266 Å². The molecule has 0 saturated carbocycles. The van der Waals surface area contributed by atoms with Crippen molar-refractivity contribution in [3.05, 3.63) is 273 Å². The smallest absolute Gasteiger partial charge is 0.389 e. The van der Waals surface area contributed by atoms with Gasteiger partial charge in [-0.15, -0.1) is 44.3 Å². The van der Waals surface area contributed by atoms with E-state index in [-0.39, 0.29) is 0 Å². The Morgan fingerprint density at radius 2 is 0.295 bits per heavy atom. The zero-order valence-electron chi connectivity index (χ0n) is 96.9. The van der Waals surface area contributed by atoms with Crippen LogP contribution in [-0.2, 0) is 82.9 Å². The summed E-state index contributed by atoms with van der Waals surface area (Å²) in [5.41, 5.74) is 0. The van der Waals surface area contributed by atoms with Gasteiger partial charge in [0, 0.05) is 14.2 Å². The van der Waals surface area contributed by atoms with Crippen molar-refractivity contribution in [2.75, 3.05) is 14.2 Å². The minimum atomic E-state index is -3.26. The standard InChI is InChI=1S/C20H34O4Si4.C18H28Cl2O3Si4.C18H30O5Si4.C15H32O4Si4.C13H26Cl2O3Si4.C13H28O5Si4/c1-21-26(5,6)23-28(19-15-11-9-12-16-19,20-17-13-10-14-18-20)24-27(7,8)22-25(2,3)4;2*1-24(2,19)21-26(5,6)23-27(22-25(3,4)20,17-13-9-7-10-14-17)18-15-11-8-12-16-18;1-16-21(5,6)18-23(9,15-13-11-10-12-14-15)19-22(7,8)17-20(2,3)4;2*1-19(2,14)16-21(5,6)18-22(7,17-20(3,4)15)13-11-9-8-10-12-13/h9-18H,1-8H3;7-16H,1-6H3;7-16,19-20H,1-6H3;10-14H,1-9H3;8-12H,1-7H3;8-12,14-15H,1-7H3. The summed E-state index contributed by atoms with van der Waals surface area (Å²) in [5, 5.41) is 9.17. The van der Waals surface area contributed by atoms with E-state index in [2.05, 4.69) is 159 Å². The Hall–Kier alpha value is -1.61. The maximum atomic E-state index is 10.7. The molecule has 0 spiro atoms. The average Bonchev–Trinajstić information content (AvgIpc) is 0.755. The van der Waals surface area contributed by atoms with E-state index in [1.54, 1.807) is 66.6 Å². The largest absolute Gasteiger partial charge is 0.437 e. The quantitative estimate of drug-likeness (QED) is 0.0204. The first-order chi connectivity index (χ1) is 67.3. The molecule has 0 aliphatic carbocycles. The zero-order valence-corrected chi connectivity index (χ0v) is 124. The highest BCUT2D eigenvalue weighted by atomic mass is 35.6. The van der Waals surface area contributed by atoms with Crippen molar-refractivity contribution >= 4 is 292 Å². The normalized spacial score (nSPS) is 14.8. The van der Waals surface area contributed by atoms with Gasteiger partial charge in [0.25, 0.3) is 30.5 Å². The maximum Gasteiger partial charge on any atom is 0.389 e. The molecule has 24 nitrogen and oxygen atoms in total. The molecule has 0 bridgehead atoms. The predicted molar refractivity (Wildman–Crippen MR) is 679 cm³/mol. The van der Waals surface area contributed by atoms with Crippen LogP contribution in [0, 0.1) is 0 Å². The lowest BCUT2D eigenvalue weighted by molar-refractivity contribution is 0.269. The molecular formula is C97H178Cl4O24Si24. The molecule has 52 heteroatoms. The van der Waals surface area contributed by atoms with E-state index in [1.165, 1.54) is 0 Å². The molecule has 0 amide bonds. The summed E-state index contributed by atoms with van der Waals surface area (Å²) in [7, 11) is -57.9. The summed E-state index contributed by atoms with van der Waals surface area (Å²) in [6.45, 7) is 81.3. The number of hydrogen-bond acceptors (Lipinski definition) is 24. The summed E-state index contributed by atoms with van der Waals surface area (Å²) < 4.78 is 128. The minimum absolute atomic E-state index is 0.910. The SMILES string of the molecule is CO[Si](C)(C)O[Si](C)(O[Si](C)(C)O[Si](C)(C)C)c1ccccc1.CO[Si](C)(C)O[Si](O[Si](C)(C)O[Si](C)(C)C)(c1ccccc1)c1ccccc1.C[Si](C)(Cl)O[Si](C)(C)O[Si](C)(O[Si](C)(C)Cl)c1ccccc1.C[Si](C)(Cl)O[Si](C)(C)O[Si](O[Si](C)(C)Cl)(c1ccccc1)c1ccccc1.C[Si](C)(O)O[Si](C)(C)O[Si](C)(O[Si](C)(C)O)c1ccccc1.C[Si](C)(O)O[Si](C)(C)O[Si](O[Si](C)(C)O)(c1ccccc1)c1ccccc1. The molecule has 0 radical (unpaired) electrons. The van der Waals surface area contributed by atoms with E-state index in [9.17, 15) is 19.2 Å². The zero-order chi connectivity index (χ0) is 114. The first-order valence-corrected chi connectivity index (χ1v) is 119. The summed E-state index contributed by atoms with van der Waals surface area (Å²) >= 11 is 26.0. The molecule has 9 aromatic carbocycles. The molecule has 0 fully saturated rings. The van der Waals surface area contributed by atoms with E-state index in [0.717, 1.165) is 46.7 Å². The van der Waals surface area contributed by atoms with Gasteiger partial charge in [0.1, 0.15) is 0 Å². The molecule has 0 aliphatic heterocycles. The van der Waals surface area contributed by atoms with E-state index >= 15 is 0 Å². The first-order valence-electron chi connectivity index (χ1n) is 50.2. The van der Waals surface area contributed by atoms with Crippen LogP contribution in [0.3, 0.4) is 0 Å². The van der Waals surface area contributed by atoms with Gasteiger partial charge in [-0.1, -0.05) is 273 Å². The fourth-order valence-electron chi connectivity index (χ4n) is 16.8. The van der Waals surface area contributed by atoms with Crippen molar-refractivity contribution in [2.24, 2.45) is 0 Å². The van der Waals surface area contributed by atoms with Gasteiger partial charge in [-0.05, 0) is 315 Å². The Balaban J connectivity index is 0.000000373. The average molecular weight is 2540 g/mol. The van der Waals surface area contributed by atoms with Gasteiger partial charge in [0.2, 0.25) is 0 Å². The summed E-state index contributed by atoms with van der Waals surface area (Å²) in [6.07, 6.45) is 0. The highest BCUT2D eigenvalue weighted by molar-refractivity contribution is 7.21. The second-order valence-electron chi connectivity index (χ2n) is 45.9. The molecule has 834 valence electrons. The Bertz CT molecular complexity index is 5050. The van der Waals surface area contributed by atoms with Crippen LogP contribution in [0.2, 0.25) is 268 Å². The van der Waals surface area contributed by atoms with Gasteiger partial charge in [-0.25, -0.2) is 0 Å². The van der Waals surface area contributed by atoms with Gasteiger partial charge >= 0.3 is 154 Å². The molecule has 9 rings (SSSR count). The van der Waals surface area contributed by atoms with Crippen LogP contribution in [0.15, 0.2) is 273 Å². The number of hydrogen-bond donors (Lipinski definition) is 4. The fraction of sp³-hybridized carbons (Fsp3) is 0.443. The molecule has 0 heterocycles. The Morgan fingerprint density at radius 1 is 0.148 bits per heavy atom. The molecular weight excluding hydrogens is 2360 g/mol. The van der Waals surface area contributed by atoms with Crippen molar-refractivity contribution in [2.45, 2.75) is 268 Å². The van der Waals surface area contributed by atoms with Crippen molar-refractivity contribution < 1.29 is 102 Å². The first kappa shape index (κ1) is 140. The van der Waals surface area contributed by atoms with Crippen molar-refractivity contribution in [3.63, 3.8) is 0 Å². The van der Waals surface area contributed by atoms with Gasteiger partial charge < -0.3 is 102 Å². The van der Waals surface area contributed by atoms with E-state index < -0.39 is 201 Å². The van der Waals surface area contributed by atoms with Gasteiger partial charge in [-0.2, -0.15) is 0 Å². The highest BCUT2D eigenvalue weighted by Crippen LogP contribution is 2.34. The minimum Gasteiger partial charge on any atom is -0.437 e. The molecule has 0 aliphatic rings. The maximum absolute atomic E-state index is 10.7. The molecule has 4 N–H and O–H groups in total. The number of rotatable bonds is 47. The predicted octanol–water partition coefficient (Wildman–Crippen LogP) is 22.0. The Kier molecular flexibility index (Phi) is 52.8. The van der Waals surface area contributed by atoms with Crippen LogP contribution in [-0.4, -0.2) is 235 Å². The number of halogens is 4. The van der Waals surface area contributed by atoms with Crippen LogP contribution < -0.4 is 46.7 Å².